The van der Waals surface area contributed by atoms with Crippen molar-refractivity contribution in [3.8, 4) is 0 Å². The van der Waals surface area contributed by atoms with Crippen molar-refractivity contribution >= 4 is 48.9 Å². The van der Waals surface area contributed by atoms with Gasteiger partial charge in [-0.15, -0.1) is 6.58 Å². The van der Waals surface area contributed by atoms with Gasteiger partial charge in [0.25, 0.3) is 11.6 Å². The van der Waals surface area contributed by atoms with Gasteiger partial charge in [0.2, 0.25) is 10.0 Å². The molecule has 1 fully saturated rings. The number of fused-ring (bicyclic) bond motifs is 1. The zero-order chi connectivity index (χ0) is 24.5. The number of sulfonamides is 1. The van der Waals surface area contributed by atoms with Crippen molar-refractivity contribution in [1.29, 1.82) is 0 Å². The summed E-state index contributed by atoms with van der Waals surface area (Å²) in [5, 5.41) is 17.0. The van der Waals surface area contributed by atoms with Crippen LogP contribution in [0.25, 0.3) is 10.2 Å². The molecule has 0 bridgehead atoms. The van der Waals surface area contributed by atoms with E-state index in [2.05, 4.69) is 11.6 Å². The van der Waals surface area contributed by atoms with Crippen molar-refractivity contribution in [3.05, 3.63) is 69.5 Å². The Balaban J connectivity index is 1.77. The van der Waals surface area contributed by atoms with Gasteiger partial charge >= 0.3 is 0 Å². The second-order valence-electron chi connectivity index (χ2n) is 7.88. The zero-order valence-electron chi connectivity index (χ0n) is 18.2. The van der Waals surface area contributed by atoms with Crippen LogP contribution in [-0.2, 0) is 16.6 Å². The number of nitrogens with two attached hydrogens (primary N) is 1. The van der Waals surface area contributed by atoms with Gasteiger partial charge in [-0.2, -0.15) is 4.99 Å². The highest BCUT2D eigenvalue weighted by Crippen LogP contribution is 2.31. The first kappa shape index (κ1) is 23.8. The summed E-state index contributed by atoms with van der Waals surface area (Å²) < 4.78 is 25.7. The van der Waals surface area contributed by atoms with Gasteiger partial charge in [0.1, 0.15) is 5.69 Å². The monoisotopic (exact) mass is 501 g/mol. The molecule has 0 aliphatic carbocycles. The van der Waals surface area contributed by atoms with E-state index in [1.54, 1.807) is 28.8 Å². The van der Waals surface area contributed by atoms with E-state index in [1.807, 2.05) is 4.90 Å². The molecule has 1 saturated heterocycles. The zero-order valence-corrected chi connectivity index (χ0v) is 19.8. The van der Waals surface area contributed by atoms with E-state index in [1.165, 1.54) is 18.2 Å². The maximum Gasteiger partial charge on any atom is 0.293 e. The van der Waals surface area contributed by atoms with E-state index in [-0.39, 0.29) is 16.1 Å². The number of hydrogen-bond donors (Lipinski definition) is 1. The van der Waals surface area contributed by atoms with Crippen molar-refractivity contribution in [1.82, 2.24) is 4.57 Å². The summed E-state index contributed by atoms with van der Waals surface area (Å²) in [6.45, 7) is 5.53. The number of hydrogen-bond acceptors (Lipinski definition) is 7. The molecule has 2 aromatic carbocycles. The van der Waals surface area contributed by atoms with Gasteiger partial charge in [-0.25, -0.2) is 13.6 Å². The molecule has 0 radical (unpaired) electrons. The topological polar surface area (TPSA) is 141 Å². The number of amides is 1. The van der Waals surface area contributed by atoms with Crippen molar-refractivity contribution < 1.29 is 18.1 Å². The molecule has 2 heterocycles. The van der Waals surface area contributed by atoms with Crippen molar-refractivity contribution in [2.24, 2.45) is 10.1 Å². The Morgan fingerprint density at radius 2 is 1.94 bits per heavy atom. The number of primary sulfonamides is 1. The molecule has 2 N–H and O–H groups in total. The molecular weight excluding hydrogens is 478 g/mol. The fourth-order valence-electron chi connectivity index (χ4n) is 3.98. The molecule has 0 spiro atoms. The molecule has 0 atom stereocenters. The molecule has 1 aromatic heterocycles. The van der Waals surface area contributed by atoms with E-state index >= 15 is 0 Å². The third-order valence-electron chi connectivity index (χ3n) is 5.61. The number of nitro groups is 1. The molecule has 3 aromatic rings. The number of anilines is 1. The second-order valence-corrected chi connectivity index (χ2v) is 10.5. The van der Waals surface area contributed by atoms with Crippen LogP contribution in [0.1, 0.15) is 29.6 Å². The molecule has 0 unspecified atom stereocenters. The lowest BCUT2D eigenvalue weighted by Gasteiger charge is -2.28. The number of carbonyl (C=O) groups excluding carboxylic acids is 1. The molecule has 4 rings (SSSR count). The Kier molecular flexibility index (Phi) is 6.64. The number of aromatic nitrogens is 1. The first-order chi connectivity index (χ1) is 16.2. The Morgan fingerprint density at radius 1 is 1.21 bits per heavy atom. The van der Waals surface area contributed by atoms with Crippen LogP contribution < -0.4 is 14.8 Å². The number of rotatable bonds is 6. The van der Waals surface area contributed by atoms with E-state index in [9.17, 15) is 23.3 Å². The second kappa shape index (κ2) is 9.49. The van der Waals surface area contributed by atoms with Gasteiger partial charge in [-0.05, 0) is 49.6 Å². The van der Waals surface area contributed by atoms with E-state index in [0.29, 0.717) is 27.3 Å². The average Bonchev–Trinajstić information content (AvgIpc) is 3.15. The normalized spacial score (nSPS) is 15.0. The Hall–Kier alpha value is -3.35. The summed E-state index contributed by atoms with van der Waals surface area (Å²) >= 11 is 1.12. The predicted octanol–water partition coefficient (Wildman–Crippen LogP) is 3.18. The fraction of sp³-hybridized carbons (Fsp3) is 0.273. The largest absolute Gasteiger partial charge is 0.366 e. The lowest BCUT2D eigenvalue weighted by molar-refractivity contribution is -0.384. The lowest BCUT2D eigenvalue weighted by atomic mass is 10.1. The number of nitrogens with zero attached hydrogens (tertiary/aromatic N) is 4. The van der Waals surface area contributed by atoms with Gasteiger partial charge in [0.15, 0.2) is 4.80 Å². The van der Waals surface area contributed by atoms with Crippen molar-refractivity contribution in [3.63, 3.8) is 0 Å². The van der Waals surface area contributed by atoms with E-state index in [0.717, 1.165) is 43.7 Å². The summed E-state index contributed by atoms with van der Waals surface area (Å²) in [5.41, 5.74) is 1.13. The summed E-state index contributed by atoms with van der Waals surface area (Å²) in [6.07, 6.45) is 4.66. The van der Waals surface area contributed by atoms with Crippen molar-refractivity contribution in [2.75, 3.05) is 18.0 Å². The fourth-order valence-corrected chi connectivity index (χ4v) is 5.67. The average molecular weight is 502 g/mol. The van der Waals surface area contributed by atoms with Gasteiger partial charge < -0.3 is 9.47 Å². The lowest BCUT2D eigenvalue weighted by Crippen LogP contribution is -2.30. The summed E-state index contributed by atoms with van der Waals surface area (Å²) in [4.78, 5) is 30.7. The minimum absolute atomic E-state index is 0.0474. The Bertz CT molecular complexity index is 1470. The van der Waals surface area contributed by atoms with Crippen LogP contribution in [0.2, 0.25) is 0 Å². The molecule has 178 valence electrons. The number of carbonyl (C=O) groups is 1. The minimum atomic E-state index is -3.89. The standard InChI is InChI=1S/C22H23N5O5S2/c1-2-10-26-18-9-7-16(34(23,31)32)14-20(18)33-22(26)24-21(28)15-6-8-17(19(13-15)27(29)30)25-11-4-3-5-12-25/h2,6-9,13-14H,1,3-5,10-12H2,(H2,23,31,32). The van der Waals surface area contributed by atoms with Crippen LogP contribution in [0.15, 0.2) is 58.9 Å². The molecule has 34 heavy (non-hydrogen) atoms. The number of nitro benzene ring substituents is 1. The molecule has 1 aliphatic rings. The van der Waals surface area contributed by atoms with Gasteiger partial charge in [0, 0.05) is 31.3 Å². The molecule has 0 saturated carbocycles. The van der Waals surface area contributed by atoms with Gasteiger partial charge in [-0.3, -0.25) is 14.9 Å². The van der Waals surface area contributed by atoms with Crippen LogP contribution >= 0.6 is 11.3 Å². The van der Waals surface area contributed by atoms with Crippen LogP contribution in [-0.4, -0.2) is 36.9 Å². The number of thiazole rings is 1. The molecule has 1 aliphatic heterocycles. The summed E-state index contributed by atoms with van der Waals surface area (Å²) in [5.74, 6) is -0.635. The first-order valence-corrected chi connectivity index (χ1v) is 12.9. The maximum absolute atomic E-state index is 13.0. The first-order valence-electron chi connectivity index (χ1n) is 10.6. The third kappa shape index (κ3) is 4.79. The predicted molar refractivity (Wildman–Crippen MR) is 130 cm³/mol. The number of allylic oxidation sites excluding steroid dienone is 1. The Labute approximate surface area is 199 Å². The SMILES string of the molecule is C=CCn1c(=NC(=O)c2ccc(N3CCCCC3)c([N+](=O)[O-])c2)sc2cc(S(N)(=O)=O)ccc21. The number of piperidine rings is 1. The maximum atomic E-state index is 13.0. The van der Waals surface area contributed by atoms with Crippen LogP contribution in [0, 0.1) is 10.1 Å². The van der Waals surface area contributed by atoms with Crippen molar-refractivity contribution in [2.45, 2.75) is 30.7 Å². The van der Waals surface area contributed by atoms with E-state index < -0.39 is 20.9 Å². The Morgan fingerprint density at radius 3 is 2.59 bits per heavy atom. The minimum Gasteiger partial charge on any atom is -0.366 e. The number of benzene rings is 2. The molecule has 10 nitrogen and oxygen atoms in total. The van der Waals surface area contributed by atoms with Crippen LogP contribution in [0.4, 0.5) is 11.4 Å². The van der Waals surface area contributed by atoms with Gasteiger partial charge in [0.05, 0.1) is 20.0 Å². The molecule has 12 heteroatoms. The van der Waals surface area contributed by atoms with E-state index in [4.69, 9.17) is 5.14 Å². The molecule has 1 amide bonds. The quantitative estimate of drug-likeness (QED) is 0.312. The van der Waals surface area contributed by atoms with Crippen LogP contribution in [0.3, 0.4) is 0 Å². The third-order valence-corrected chi connectivity index (χ3v) is 7.56. The summed E-state index contributed by atoms with van der Waals surface area (Å²) in [7, 11) is -3.89. The van der Waals surface area contributed by atoms with Gasteiger partial charge in [-0.1, -0.05) is 17.4 Å². The highest BCUT2D eigenvalue weighted by molar-refractivity contribution is 7.89. The smallest absolute Gasteiger partial charge is 0.293 e. The highest BCUT2D eigenvalue weighted by atomic mass is 32.2. The van der Waals surface area contributed by atoms with Crippen LogP contribution in [0.5, 0.6) is 0 Å². The molecular formula is C22H23N5O5S2. The highest BCUT2D eigenvalue weighted by Gasteiger charge is 2.23. The summed E-state index contributed by atoms with van der Waals surface area (Å²) in [6, 6.07) is 8.83.